The van der Waals surface area contributed by atoms with E-state index in [1.807, 2.05) is 31.2 Å². The number of nitrogens with two attached hydrogens (primary N) is 1. The molecule has 1 amide bonds. The molecule has 32 heavy (non-hydrogen) atoms. The van der Waals surface area contributed by atoms with E-state index >= 15 is 0 Å². The van der Waals surface area contributed by atoms with Crippen LogP contribution in [0.2, 0.25) is 0 Å². The van der Waals surface area contributed by atoms with Crippen LogP contribution in [-0.4, -0.2) is 75.6 Å². The lowest BCUT2D eigenvalue weighted by Crippen LogP contribution is -2.49. The Hall–Kier alpha value is -4.09. The van der Waals surface area contributed by atoms with E-state index in [1.165, 1.54) is 11.0 Å². The second-order valence-corrected chi connectivity index (χ2v) is 7.06. The van der Waals surface area contributed by atoms with Crippen LogP contribution in [0.5, 0.6) is 0 Å². The number of amides is 1. The summed E-state index contributed by atoms with van der Waals surface area (Å²) in [5.74, 6) is 1.74. The lowest BCUT2D eigenvalue weighted by atomic mass is 10.2. The summed E-state index contributed by atoms with van der Waals surface area (Å²) in [6.45, 7) is 4.98. The van der Waals surface area contributed by atoms with Gasteiger partial charge in [-0.25, -0.2) is 14.8 Å². The standard InChI is InChI=1S/C20H26N10O2/c1-3-32-20(31)29-10-8-28(9-11-29)15-6-4-14(5-7-15)25-19-26-18(21)30(27-19)17-12-16(22-2)23-13-24-17/h4-7,12-13H,3,8-11H2,1-2H3,(H,22,23,24)(H3,21,25,26,27). The zero-order valence-electron chi connectivity index (χ0n) is 18.0. The van der Waals surface area contributed by atoms with E-state index in [0.717, 1.165) is 24.5 Å². The molecule has 4 N–H and O–H groups in total. The molecule has 1 fully saturated rings. The second-order valence-electron chi connectivity index (χ2n) is 7.06. The first kappa shape index (κ1) is 21.2. The molecule has 0 radical (unpaired) electrons. The van der Waals surface area contributed by atoms with Gasteiger partial charge in [0.25, 0.3) is 0 Å². The first-order chi connectivity index (χ1) is 15.6. The minimum Gasteiger partial charge on any atom is -0.450 e. The number of ether oxygens (including phenoxy) is 1. The van der Waals surface area contributed by atoms with E-state index in [2.05, 4.69) is 35.6 Å². The number of nitrogen functional groups attached to an aromatic ring is 1. The summed E-state index contributed by atoms with van der Waals surface area (Å²) < 4.78 is 6.52. The number of carbonyl (C=O) groups is 1. The summed E-state index contributed by atoms with van der Waals surface area (Å²) in [5.41, 5.74) is 7.93. The van der Waals surface area contributed by atoms with Crippen molar-refractivity contribution in [2.24, 2.45) is 0 Å². The van der Waals surface area contributed by atoms with Gasteiger partial charge in [-0.2, -0.15) is 9.67 Å². The van der Waals surface area contributed by atoms with Crippen LogP contribution in [0, 0.1) is 0 Å². The van der Waals surface area contributed by atoms with Crippen LogP contribution in [0.4, 0.5) is 33.9 Å². The third-order valence-corrected chi connectivity index (χ3v) is 5.05. The Kier molecular flexibility index (Phi) is 6.19. The van der Waals surface area contributed by atoms with Gasteiger partial charge in [0, 0.05) is 50.7 Å². The Labute approximate surface area is 185 Å². The monoisotopic (exact) mass is 438 g/mol. The van der Waals surface area contributed by atoms with Crippen molar-refractivity contribution in [2.75, 3.05) is 61.1 Å². The van der Waals surface area contributed by atoms with E-state index in [1.54, 1.807) is 18.0 Å². The summed E-state index contributed by atoms with van der Waals surface area (Å²) in [5, 5.41) is 10.5. The number of nitrogens with zero attached hydrogens (tertiary/aromatic N) is 7. The van der Waals surface area contributed by atoms with Crippen molar-refractivity contribution in [1.29, 1.82) is 0 Å². The first-order valence-electron chi connectivity index (χ1n) is 10.3. The summed E-state index contributed by atoms with van der Waals surface area (Å²) in [6.07, 6.45) is 1.18. The Bertz CT molecular complexity index is 1060. The van der Waals surface area contributed by atoms with Crippen LogP contribution in [0.15, 0.2) is 36.7 Å². The molecule has 0 bridgehead atoms. The van der Waals surface area contributed by atoms with Crippen molar-refractivity contribution in [3.63, 3.8) is 0 Å². The quantitative estimate of drug-likeness (QED) is 0.521. The fraction of sp³-hybridized carbons (Fsp3) is 0.350. The Morgan fingerprint density at radius 3 is 2.59 bits per heavy atom. The van der Waals surface area contributed by atoms with Gasteiger partial charge in [0.15, 0.2) is 5.82 Å². The molecule has 1 aliphatic heterocycles. The van der Waals surface area contributed by atoms with E-state index in [-0.39, 0.29) is 12.0 Å². The maximum atomic E-state index is 11.9. The molecule has 1 aliphatic rings. The number of aromatic nitrogens is 5. The average molecular weight is 438 g/mol. The molecular weight excluding hydrogens is 412 g/mol. The van der Waals surface area contributed by atoms with E-state index in [4.69, 9.17) is 10.5 Å². The number of anilines is 5. The fourth-order valence-corrected chi connectivity index (χ4v) is 3.39. The van der Waals surface area contributed by atoms with Crippen LogP contribution in [-0.2, 0) is 4.74 Å². The maximum Gasteiger partial charge on any atom is 0.409 e. The van der Waals surface area contributed by atoms with Gasteiger partial charge in [0.2, 0.25) is 11.9 Å². The van der Waals surface area contributed by atoms with E-state index < -0.39 is 0 Å². The minimum atomic E-state index is -0.248. The molecule has 4 rings (SSSR count). The second kappa shape index (κ2) is 9.37. The van der Waals surface area contributed by atoms with Gasteiger partial charge in [-0.1, -0.05) is 0 Å². The highest BCUT2D eigenvalue weighted by atomic mass is 16.6. The molecule has 168 valence electrons. The molecule has 3 aromatic rings. The van der Waals surface area contributed by atoms with Crippen molar-refractivity contribution in [3.05, 3.63) is 36.7 Å². The van der Waals surface area contributed by atoms with E-state index in [9.17, 15) is 4.79 Å². The van der Waals surface area contributed by atoms with Crippen LogP contribution < -0.4 is 21.3 Å². The van der Waals surface area contributed by atoms with Crippen LogP contribution in [0.25, 0.3) is 5.82 Å². The molecular formula is C20H26N10O2. The van der Waals surface area contributed by atoms with Gasteiger partial charge in [0.05, 0.1) is 6.61 Å². The lowest BCUT2D eigenvalue weighted by molar-refractivity contribution is 0.105. The van der Waals surface area contributed by atoms with Crippen molar-refractivity contribution in [2.45, 2.75) is 6.92 Å². The van der Waals surface area contributed by atoms with Gasteiger partial charge in [-0.3, -0.25) is 0 Å². The first-order valence-corrected chi connectivity index (χ1v) is 10.3. The number of benzene rings is 1. The maximum absolute atomic E-state index is 11.9. The number of hydrogen-bond donors (Lipinski definition) is 3. The molecule has 0 aliphatic carbocycles. The molecule has 3 heterocycles. The largest absolute Gasteiger partial charge is 0.450 e. The Balaban J connectivity index is 1.39. The third-order valence-electron chi connectivity index (χ3n) is 5.05. The van der Waals surface area contributed by atoms with Crippen molar-refractivity contribution < 1.29 is 9.53 Å². The predicted octanol–water partition coefficient (Wildman–Crippen LogP) is 1.70. The van der Waals surface area contributed by atoms with Crippen molar-refractivity contribution in [3.8, 4) is 5.82 Å². The Morgan fingerprint density at radius 2 is 1.91 bits per heavy atom. The van der Waals surface area contributed by atoms with Gasteiger partial charge < -0.3 is 30.9 Å². The highest BCUT2D eigenvalue weighted by Crippen LogP contribution is 2.22. The average Bonchev–Trinajstić information content (AvgIpc) is 3.19. The van der Waals surface area contributed by atoms with Crippen LogP contribution in [0.1, 0.15) is 6.92 Å². The predicted molar refractivity (Wildman–Crippen MR) is 121 cm³/mol. The molecule has 12 nitrogen and oxygen atoms in total. The zero-order valence-corrected chi connectivity index (χ0v) is 18.0. The van der Waals surface area contributed by atoms with E-state index in [0.29, 0.717) is 37.3 Å². The summed E-state index contributed by atoms with van der Waals surface area (Å²) in [4.78, 5) is 28.4. The van der Waals surface area contributed by atoms with Crippen LogP contribution >= 0.6 is 0 Å². The summed E-state index contributed by atoms with van der Waals surface area (Å²) in [6, 6.07) is 9.67. The topological polar surface area (TPSA) is 139 Å². The van der Waals surface area contributed by atoms with Gasteiger partial charge in [-0.05, 0) is 31.2 Å². The van der Waals surface area contributed by atoms with Gasteiger partial charge in [0.1, 0.15) is 12.1 Å². The molecule has 1 aromatic carbocycles. The molecule has 0 atom stereocenters. The SMILES string of the molecule is CCOC(=O)N1CCN(c2ccc(Nc3nc(N)n(-c4cc(NC)ncn4)n3)cc2)CC1. The number of carbonyl (C=O) groups excluding carboxylic acids is 1. The molecule has 2 aromatic heterocycles. The molecule has 0 spiro atoms. The van der Waals surface area contributed by atoms with Gasteiger partial charge >= 0.3 is 6.09 Å². The number of nitrogens with one attached hydrogen (secondary N) is 2. The number of rotatable bonds is 6. The summed E-state index contributed by atoms with van der Waals surface area (Å²) >= 11 is 0. The molecule has 1 saturated heterocycles. The van der Waals surface area contributed by atoms with Crippen LogP contribution in [0.3, 0.4) is 0 Å². The number of piperazine rings is 1. The smallest absolute Gasteiger partial charge is 0.409 e. The summed E-state index contributed by atoms with van der Waals surface area (Å²) in [7, 11) is 1.77. The third kappa shape index (κ3) is 4.63. The minimum absolute atomic E-state index is 0.212. The molecule has 12 heteroatoms. The van der Waals surface area contributed by atoms with Crippen molar-refractivity contribution in [1.82, 2.24) is 29.6 Å². The highest BCUT2D eigenvalue weighted by Gasteiger charge is 2.22. The Morgan fingerprint density at radius 1 is 1.16 bits per heavy atom. The van der Waals surface area contributed by atoms with Gasteiger partial charge in [-0.15, -0.1) is 5.10 Å². The normalized spacial score (nSPS) is 13.7. The fourth-order valence-electron chi connectivity index (χ4n) is 3.39. The number of hydrogen-bond acceptors (Lipinski definition) is 10. The molecule has 0 saturated carbocycles. The molecule has 0 unspecified atom stereocenters. The highest BCUT2D eigenvalue weighted by molar-refractivity contribution is 5.68. The lowest BCUT2D eigenvalue weighted by Gasteiger charge is -2.35. The zero-order chi connectivity index (χ0) is 22.5. The van der Waals surface area contributed by atoms with Crippen molar-refractivity contribution >= 4 is 35.2 Å².